The van der Waals surface area contributed by atoms with Crippen molar-refractivity contribution in [2.75, 3.05) is 11.9 Å². The Morgan fingerprint density at radius 1 is 1.07 bits per heavy atom. The molecule has 2 aromatic carbocycles. The number of carbonyl (C=O) groups is 1. The minimum atomic E-state index is -0.260. The van der Waals surface area contributed by atoms with Crippen molar-refractivity contribution in [3.8, 4) is 10.4 Å². The van der Waals surface area contributed by atoms with E-state index in [0.29, 0.717) is 12.1 Å². The van der Waals surface area contributed by atoms with Gasteiger partial charge in [-0.1, -0.05) is 23.7 Å². The Hall–Kier alpha value is -2.34. The standard InChI is InChI=1S/C21H21ClN2O2S/c1-14(13-25)24-21(26)16-4-8-18(9-5-16)23-12-19-10-11-20(27-19)15-2-6-17(22)7-3-15/h2-11,14,23,25H,12-13H2,1H3,(H,24,26). The van der Waals surface area contributed by atoms with Crippen LogP contribution in [0.4, 0.5) is 5.69 Å². The summed E-state index contributed by atoms with van der Waals surface area (Å²) in [6, 6.07) is 19.1. The highest BCUT2D eigenvalue weighted by Gasteiger charge is 2.09. The number of aliphatic hydroxyl groups excluding tert-OH is 1. The van der Waals surface area contributed by atoms with Gasteiger partial charge in [0.05, 0.1) is 6.61 Å². The maximum absolute atomic E-state index is 12.0. The summed E-state index contributed by atoms with van der Waals surface area (Å²) in [5.74, 6) is -0.186. The van der Waals surface area contributed by atoms with Crippen molar-refractivity contribution >= 4 is 34.5 Å². The van der Waals surface area contributed by atoms with E-state index in [4.69, 9.17) is 16.7 Å². The first-order chi connectivity index (χ1) is 13.0. The lowest BCUT2D eigenvalue weighted by molar-refractivity contribution is 0.0922. The molecule has 1 heterocycles. The first-order valence-electron chi connectivity index (χ1n) is 8.65. The average molecular weight is 401 g/mol. The molecular formula is C21H21ClN2O2S. The summed E-state index contributed by atoms with van der Waals surface area (Å²) >= 11 is 7.68. The quantitative estimate of drug-likeness (QED) is 0.534. The van der Waals surface area contributed by atoms with E-state index < -0.39 is 0 Å². The number of halogens is 1. The third-order valence-electron chi connectivity index (χ3n) is 4.06. The number of nitrogens with one attached hydrogen (secondary N) is 2. The molecule has 0 aliphatic heterocycles. The van der Waals surface area contributed by atoms with E-state index in [1.807, 2.05) is 36.4 Å². The Labute approximate surface area is 167 Å². The molecule has 1 amide bonds. The predicted octanol–water partition coefficient (Wildman–Crippen LogP) is 4.79. The highest BCUT2D eigenvalue weighted by Crippen LogP contribution is 2.29. The zero-order chi connectivity index (χ0) is 19.2. The van der Waals surface area contributed by atoms with Crippen molar-refractivity contribution in [1.29, 1.82) is 0 Å². The van der Waals surface area contributed by atoms with Crippen LogP contribution in [0.1, 0.15) is 22.2 Å². The molecule has 3 aromatic rings. The van der Waals surface area contributed by atoms with Gasteiger partial charge in [0.15, 0.2) is 0 Å². The lowest BCUT2D eigenvalue weighted by Crippen LogP contribution is -2.34. The van der Waals surface area contributed by atoms with Crippen LogP contribution < -0.4 is 10.6 Å². The summed E-state index contributed by atoms with van der Waals surface area (Å²) in [4.78, 5) is 14.4. The number of carbonyl (C=O) groups excluding carboxylic acids is 1. The number of thiophene rings is 1. The van der Waals surface area contributed by atoms with Gasteiger partial charge in [-0.3, -0.25) is 4.79 Å². The molecule has 0 bridgehead atoms. The van der Waals surface area contributed by atoms with E-state index in [0.717, 1.165) is 16.3 Å². The molecule has 0 spiro atoms. The Morgan fingerprint density at radius 2 is 1.78 bits per heavy atom. The Balaban J connectivity index is 1.57. The molecule has 0 radical (unpaired) electrons. The first-order valence-corrected chi connectivity index (χ1v) is 9.85. The van der Waals surface area contributed by atoms with Crippen LogP contribution in [-0.4, -0.2) is 23.7 Å². The van der Waals surface area contributed by atoms with Gasteiger partial charge in [0.1, 0.15) is 0 Å². The molecule has 0 aliphatic rings. The van der Waals surface area contributed by atoms with Crippen LogP contribution in [0.2, 0.25) is 5.02 Å². The average Bonchev–Trinajstić information content (AvgIpc) is 3.16. The van der Waals surface area contributed by atoms with E-state index >= 15 is 0 Å². The molecule has 0 fully saturated rings. The molecule has 140 valence electrons. The van der Waals surface area contributed by atoms with Crippen molar-refractivity contribution < 1.29 is 9.90 Å². The molecule has 4 nitrogen and oxygen atoms in total. The molecule has 1 atom stereocenters. The van der Waals surface area contributed by atoms with Crippen LogP contribution in [0.25, 0.3) is 10.4 Å². The largest absolute Gasteiger partial charge is 0.394 e. The summed E-state index contributed by atoms with van der Waals surface area (Å²) in [5, 5.41) is 15.8. The van der Waals surface area contributed by atoms with Crippen molar-refractivity contribution in [2.24, 2.45) is 0 Å². The van der Waals surface area contributed by atoms with E-state index in [1.54, 1.807) is 30.4 Å². The fraction of sp³-hybridized carbons (Fsp3) is 0.190. The van der Waals surface area contributed by atoms with Crippen LogP contribution >= 0.6 is 22.9 Å². The summed E-state index contributed by atoms with van der Waals surface area (Å²) < 4.78 is 0. The summed E-state index contributed by atoms with van der Waals surface area (Å²) in [6.07, 6.45) is 0. The lowest BCUT2D eigenvalue weighted by Gasteiger charge is -2.11. The third-order valence-corrected chi connectivity index (χ3v) is 5.44. The van der Waals surface area contributed by atoms with Crippen LogP contribution in [0.15, 0.2) is 60.7 Å². The van der Waals surface area contributed by atoms with Crippen LogP contribution in [0.3, 0.4) is 0 Å². The molecule has 27 heavy (non-hydrogen) atoms. The smallest absolute Gasteiger partial charge is 0.251 e. The molecule has 1 unspecified atom stereocenters. The third kappa shape index (κ3) is 5.32. The Morgan fingerprint density at radius 3 is 2.44 bits per heavy atom. The normalized spacial score (nSPS) is 11.8. The minimum Gasteiger partial charge on any atom is -0.394 e. The summed E-state index contributed by atoms with van der Waals surface area (Å²) in [6.45, 7) is 2.39. The van der Waals surface area contributed by atoms with Crippen LogP contribution in [-0.2, 0) is 6.54 Å². The van der Waals surface area contributed by atoms with Crippen molar-refractivity contribution in [3.05, 3.63) is 76.1 Å². The number of anilines is 1. The topological polar surface area (TPSA) is 61.4 Å². The zero-order valence-electron chi connectivity index (χ0n) is 14.9. The molecule has 6 heteroatoms. The highest BCUT2D eigenvalue weighted by atomic mass is 35.5. The Bertz CT molecular complexity index is 891. The van der Waals surface area contributed by atoms with Crippen molar-refractivity contribution in [3.63, 3.8) is 0 Å². The van der Waals surface area contributed by atoms with Gasteiger partial charge in [0, 0.05) is 38.6 Å². The monoisotopic (exact) mass is 400 g/mol. The van der Waals surface area contributed by atoms with Gasteiger partial charge in [0.2, 0.25) is 0 Å². The number of hydrogen-bond donors (Lipinski definition) is 3. The molecule has 0 aliphatic carbocycles. The Kier molecular flexibility index (Phi) is 6.50. The molecular weight excluding hydrogens is 380 g/mol. The molecule has 0 saturated heterocycles. The SMILES string of the molecule is CC(CO)NC(=O)c1ccc(NCc2ccc(-c3ccc(Cl)cc3)s2)cc1. The van der Waals surface area contributed by atoms with Crippen LogP contribution in [0, 0.1) is 0 Å². The van der Waals surface area contributed by atoms with Gasteiger partial charge in [-0.2, -0.15) is 0 Å². The van der Waals surface area contributed by atoms with E-state index in [1.165, 1.54) is 9.75 Å². The zero-order valence-corrected chi connectivity index (χ0v) is 16.5. The number of amides is 1. The molecule has 0 saturated carbocycles. The molecule has 1 aromatic heterocycles. The molecule has 3 rings (SSSR count). The highest BCUT2D eigenvalue weighted by molar-refractivity contribution is 7.15. The van der Waals surface area contributed by atoms with Gasteiger partial charge < -0.3 is 15.7 Å². The number of rotatable bonds is 7. The summed E-state index contributed by atoms with van der Waals surface area (Å²) in [5.41, 5.74) is 2.67. The number of hydrogen-bond acceptors (Lipinski definition) is 4. The first kappa shape index (κ1) is 19.4. The van der Waals surface area contributed by atoms with Crippen molar-refractivity contribution in [2.45, 2.75) is 19.5 Å². The lowest BCUT2D eigenvalue weighted by atomic mass is 10.2. The van der Waals surface area contributed by atoms with Gasteiger partial charge >= 0.3 is 0 Å². The fourth-order valence-electron chi connectivity index (χ4n) is 2.52. The van der Waals surface area contributed by atoms with Gasteiger partial charge in [0.25, 0.3) is 5.91 Å². The second-order valence-corrected chi connectivity index (χ2v) is 7.87. The van der Waals surface area contributed by atoms with E-state index in [9.17, 15) is 4.79 Å². The minimum absolute atomic E-state index is 0.0792. The van der Waals surface area contributed by atoms with Crippen molar-refractivity contribution in [1.82, 2.24) is 5.32 Å². The second kappa shape index (κ2) is 9.04. The second-order valence-electron chi connectivity index (χ2n) is 6.26. The summed E-state index contributed by atoms with van der Waals surface area (Å²) in [7, 11) is 0. The van der Waals surface area contributed by atoms with E-state index in [2.05, 4.69) is 22.8 Å². The van der Waals surface area contributed by atoms with Crippen LogP contribution in [0.5, 0.6) is 0 Å². The number of aliphatic hydroxyl groups is 1. The maximum Gasteiger partial charge on any atom is 0.251 e. The predicted molar refractivity (Wildman–Crippen MR) is 113 cm³/mol. The van der Waals surface area contributed by atoms with Gasteiger partial charge in [-0.25, -0.2) is 0 Å². The molecule has 3 N–H and O–H groups in total. The maximum atomic E-state index is 12.0. The van der Waals surface area contributed by atoms with Gasteiger partial charge in [-0.05, 0) is 61.0 Å². The van der Waals surface area contributed by atoms with Gasteiger partial charge in [-0.15, -0.1) is 11.3 Å². The van der Waals surface area contributed by atoms with E-state index in [-0.39, 0.29) is 18.6 Å². The number of benzene rings is 2. The fourth-order valence-corrected chi connectivity index (χ4v) is 3.60.